The van der Waals surface area contributed by atoms with Crippen LogP contribution in [0.3, 0.4) is 0 Å². The van der Waals surface area contributed by atoms with E-state index in [9.17, 15) is 9.59 Å². The van der Waals surface area contributed by atoms with E-state index in [0.29, 0.717) is 22.5 Å². The third-order valence-electron chi connectivity index (χ3n) is 6.03. The summed E-state index contributed by atoms with van der Waals surface area (Å²) in [5.41, 5.74) is 4.05. The number of aromatic nitrogens is 4. The Hall–Kier alpha value is -3.24. The van der Waals surface area contributed by atoms with Crippen molar-refractivity contribution in [2.24, 2.45) is 13.0 Å². The Morgan fingerprint density at radius 3 is 2.85 bits per heavy atom. The fourth-order valence-electron chi connectivity index (χ4n) is 4.20. The number of nitrogens with one attached hydrogen (secondary N) is 2. The SMILES string of the molecule is Cn1cnc2cc(CNCC3CCN(c4nccc(/C=C5/SC(=O)NC5=O)n4)CC3)ccc21. The first-order chi connectivity index (χ1) is 16.0. The number of hydrogen-bond acceptors (Lipinski definition) is 8. The van der Waals surface area contributed by atoms with Crippen LogP contribution < -0.4 is 15.5 Å². The van der Waals surface area contributed by atoms with Gasteiger partial charge in [-0.2, -0.15) is 0 Å². The van der Waals surface area contributed by atoms with E-state index in [0.717, 1.165) is 61.8 Å². The van der Waals surface area contributed by atoms with E-state index in [1.807, 2.05) is 17.9 Å². The van der Waals surface area contributed by atoms with Crippen LogP contribution in [0.5, 0.6) is 0 Å². The molecule has 5 rings (SSSR count). The first-order valence-corrected chi connectivity index (χ1v) is 11.8. The molecule has 0 bridgehead atoms. The number of anilines is 1. The predicted octanol–water partition coefficient (Wildman–Crippen LogP) is 2.69. The maximum absolute atomic E-state index is 11.8. The van der Waals surface area contributed by atoms with Crippen LogP contribution in [0, 0.1) is 5.92 Å². The number of thioether (sulfide) groups is 1. The molecule has 2 N–H and O–H groups in total. The highest BCUT2D eigenvalue weighted by Crippen LogP contribution is 2.26. The van der Waals surface area contributed by atoms with E-state index in [2.05, 4.69) is 48.7 Å². The van der Waals surface area contributed by atoms with Crippen molar-refractivity contribution in [3.8, 4) is 0 Å². The van der Waals surface area contributed by atoms with Crippen LogP contribution in [-0.2, 0) is 18.4 Å². The van der Waals surface area contributed by atoms with Gasteiger partial charge in [0.05, 0.1) is 28.0 Å². The minimum atomic E-state index is -0.376. The molecule has 0 atom stereocenters. The zero-order chi connectivity index (χ0) is 22.8. The van der Waals surface area contributed by atoms with Gasteiger partial charge in [-0.15, -0.1) is 0 Å². The number of benzene rings is 1. The smallest absolute Gasteiger partial charge is 0.290 e. The van der Waals surface area contributed by atoms with Crippen molar-refractivity contribution in [3.05, 3.63) is 53.0 Å². The van der Waals surface area contributed by atoms with E-state index < -0.39 is 0 Å². The number of piperidine rings is 1. The topological polar surface area (TPSA) is 105 Å². The summed E-state index contributed by atoms with van der Waals surface area (Å²) in [7, 11) is 2.01. The molecule has 2 aliphatic heterocycles. The van der Waals surface area contributed by atoms with Crippen LogP contribution >= 0.6 is 11.8 Å². The highest BCUT2D eigenvalue weighted by Gasteiger charge is 2.25. The summed E-state index contributed by atoms with van der Waals surface area (Å²) in [4.78, 5) is 39.1. The fourth-order valence-corrected chi connectivity index (χ4v) is 4.87. The molecular formula is C23H25N7O2S. The lowest BCUT2D eigenvalue weighted by atomic mass is 9.97. The minimum absolute atomic E-state index is 0.353. The normalized spacial score (nSPS) is 18.5. The van der Waals surface area contributed by atoms with Gasteiger partial charge >= 0.3 is 0 Å². The molecule has 0 spiro atoms. The molecule has 0 unspecified atom stereocenters. The van der Waals surface area contributed by atoms with E-state index >= 15 is 0 Å². The van der Waals surface area contributed by atoms with Gasteiger partial charge in [-0.05, 0) is 66.9 Å². The average Bonchev–Trinajstić information content (AvgIpc) is 3.34. The number of imide groups is 1. The van der Waals surface area contributed by atoms with Gasteiger partial charge in [0, 0.05) is 32.9 Å². The average molecular weight is 464 g/mol. The number of carbonyl (C=O) groups excluding carboxylic acids is 2. The minimum Gasteiger partial charge on any atom is -0.341 e. The fraction of sp³-hybridized carbons (Fsp3) is 0.348. The number of fused-ring (bicyclic) bond motifs is 1. The molecule has 4 heterocycles. The van der Waals surface area contributed by atoms with Gasteiger partial charge in [0.15, 0.2) is 0 Å². The summed E-state index contributed by atoms with van der Waals surface area (Å²) in [5, 5.41) is 5.50. The van der Waals surface area contributed by atoms with Crippen LogP contribution in [0.1, 0.15) is 24.1 Å². The molecule has 33 heavy (non-hydrogen) atoms. The third-order valence-corrected chi connectivity index (χ3v) is 6.85. The van der Waals surface area contributed by atoms with E-state index in [1.54, 1.807) is 18.3 Å². The number of amides is 2. The highest BCUT2D eigenvalue weighted by atomic mass is 32.2. The lowest BCUT2D eigenvalue weighted by Gasteiger charge is -2.32. The lowest BCUT2D eigenvalue weighted by molar-refractivity contribution is -0.115. The zero-order valence-corrected chi connectivity index (χ0v) is 19.1. The van der Waals surface area contributed by atoms with Gasteiger partial charge in [-0.3, -0.25) is 14.9 Å². The molecule has 0 saturated carbocycles. The molecule has 2 fully saturated rings. The number of imidazole rings is 1. The van der Waals surface area contributed by atoms with Crippen LogP contribution in [0.15, 0.2) is 41.7 Å². The number of hydrogen-bond donors (Lipinski definition) is 2. The Kier molecular flexibility index (Phi) is 6.10. The first kappa shape index (κ1) is 21.6. The van der Waals surface area contributed by atoms with Gasteiger partial charge < -0.3 is 14.8 Å². The molecule has 2 aliphatic rings. The first-order valence-electron chi connectivity index (χ1n) is 11.0. The zero-order valence-electron chi connectivity index (χ0n) is 18.3. The molecule has 1 aromatic carbocycles. The second kappa shape index (κ2) is 9.32. The van der Waals surface area contributed by atoms with Crippen molar-refractivity contribution in [2.75, 3.05) is 24.5 Å². The van der Waals surface area contributed by atoms with Crippen LogP contribution in [0.4, 0.5) is 10.7 Å². The standard InChI is InChI=1S/C23H25N7O2S/c1-29-14-26-18-10-16(2-3-19(18)29)13-24-12-15-5-8-30(9-6-15)22-25-7-4-17(27-22)11-20-21(31)28-23(32)33-20/h2-4,7,10-11,14-15,24H,5-6,8-9,12-13H2,1H3,(H,28,31,32)/b20-11+. The lowest BCUT2D eigenvalue weighted by Crippen LogP contribution is -2.38. The Labute approximate surface area is 195 Å². The molecule has 0 aliphatic carbocycles. The summed E-state index contributed by atoms with van der Waals surface area (Å²) >= 11 is 0.894. The Morgan fingerprint density at radius 2 is 2.06 bits per heavy atom. The summed E-state index contributed by atoms with van der Waals surface area (Å²) in [6.07, 6.45) is 7.30. The molecule has 9 nitrogen and oxygen atoms in total. The van der Waals surface area contributed by atoms with Crippen molar-refractivity contribution in [3.63, 3.8) is 0 Å². The highest BCUT2D eigenvalue weighted by molar-refractivity contribution is 8.18. The maximum atomic E-state index is 11.8. The molecular weight excluding hydrogens is 438 g/mol. The second-order valence-electron chi connectivity index (χ2n) is 8.37. The molecule has 10 heteroatoms. The summed E-state index contributed by atoms with van der Waals surface area (Å²) in [6.45, 7) is 3.59. The number of rotatable bonds is 6. The van der Waals surface area contributed by atoms with Crippen molar-refractivity contribution >= 4 is 46.0 Å². The maximum Gasteiger partial charge on any atom is 0.290 e. The van der Waals surface area contributed by atoms with E-state index in [4.69, 9.17) is 0 Å². The molecule has 2 aromatic heterocycles. The van der Waals surface area contributed by atoms with Crippen molar-refractivity contribution in [1.82, 2.24) is 30.2 Å². The van der Waals surface area contributed by atoms with E-state index in [1.165, 1.54) is 5.56 Å². The third kappa shape index (κ3) is 4.91. The van der Waals surface area contributed by atoms with Gasteiger partial charge in [0.2, 0.25) is 5.95 Å². The Morgan fingerprint density at radius 1 is 1.21 bits per heavy atom. The monoisotopic (exact) mass is 463 g/mol. The summed E-state index contributed by atoms with van der Waals surface area (Å²) < 4.78 is 2.03. The Balaban J connectivity index is 1.12. The van der Waals surface area contributed by atoms with E-state index in [-0.39, 0.29) is 11.1 Å². The van der Waals surface area contributed by atoms with Crippen LogP contribution in [0.2, 0.25) is 0 Å². The summed E-state index contributed by atoms with van der Waals surface area (Å²) in [5.74, 6) is 0.891. The van der Waals surface area contributed by atoms with Crippen molar-refractivity contribution in [1.29, 1.82) is 0 Å². The van der Waals surface area contributed by atoms with Gasteiger partial charge in [-0.1, -0.05) is 6.07 Å². The van der Waals surface area contributed by atoms with Gasteiger partial charge in [-0.25, -0.2) is 15.0 Å². The van der Waals surface area contributed by atoms with Gasteiger partial charge in [0.25, 0.3) is 11.1 Å². The number of aryl methyl sites for hydroxylation is 1. The van der Waals surface area contributed by atoms with Crippen molar-refractivity contribution < 1.29 is 9.59 Å². The second-order valence-corrected chi connectivity index (χ2v) is 9.39. The quantitative estimate of drug-likeness (QED) is 0.538. The molecule has 3 aromatic rings. The van der Waals surface area contributed by atoms with Gasteiger partial charge in [0.1, 0.15) is 0 Å². The van der Waals surface area contributed by atoms with Crippen LogP contribution in [-0.4, -0.2) is 50.3 Å². The molecule has 0 radical (unpaired) electrons. The predicted molar refractivity (Wildman–Crippen MR) is 128 cm³/mol. The molecule has 170 valence electrons. The molecule has 2 amide bonds. The van der Waals surface area contributed by atoms with Crippen molar-refractivity contribution in [2.45, 2.75) is 19.4 Å². The van der Waals surface area contributed by atoms with Crippen LogP contribution in [0.25, 0.3) is 17.1 Å². The summed E-state index contributed by atoms with van der Waals surface area (Å²) in [6, 6.07) is 8.17. The largest absolute Gasteiger partial charge is 0.341 e. The molecule has 2 saturated heterocycles. The number of carbonyl (C=O) groups is 2. The number of nitrogens with zero attached hydrogens (tertiary/aromatic N) is 5. The Bertz CT molecular complexity index is 1230.